The second-order valence-electron chi connectivity index (χ2n) is 3.83. The molecule has 1 N–H and O–H groups in total. The largest absolute Gasteiger partial charge is 0.451 e. The van der Waals surface area contributed by atoms with E-state index in [9.17, 15) is 9.59 Å². The molecule has 4 nitrogen and oxygen atoms in total. The smallest absolute Gasteiger partial charge is 0.329 e. The number of hydrogen-bond acceptors (Lipinski definition) is 3. The Balaban J connectivity index is 2.05. The molecule has 0 saturated carbocycles. The predicted molar refractivity (Wildman–Crippen MR) is 57.6 cm³/mol. The summed E-state index contributed by atoms with van der Waals surface area (Å²) >= 11 is 0. The minimum absolute atomic E-state index is 0.236. The summed E-state index contributed by atoms with van der Waals surface area (Å²) in [6.07, 6.45) is -0.211. The molecule has 0 aromatic heterocycles. The lowest BCUT2D eigenvalue weighted by Crippen LogP contribution is -2.53. The molecule has 1 heterocycles. The molecule has 1 aliphatic rings. The van der Waals surface area contributed by atoms with Crippen molar-refractivity contribution >= 4 is 11.9 Å². The Morgan fingerprint density at radius 2 is 1.94 bits per heavy atom. The maximum Gasteiger partial charge on any atom is 0.329 e. The van der Waals surface area contributed by atoms with Gasteiger partial charge in [0.1, 0.15) is 6.04 Å². The number of amides is 1. The average molecular weight is 219 g/mol. The van der Waals surface area contributed by atoms with Crippen molar-refractivity contribution in [2.45, 2.75) is 25.5 Å². The van der Waals surface area contributed by atoms with Gasteiger partial charge in [0.2, 0.25) is 0 Å². The minimum Gasteiger partial charge on any atom is -0.451 e. The molecule has 84 valence electrons. The molecule has 0 spiro atoms. The molecule has 2 rings (SSSR count). The Hall–Kier alpha value is -1.84. The number of cyclic esters (lactones) is 1. The van der Waals surface area contributed by atoms with E-state index in [-0.39, 0.29) is 11.9 Å². The Morgan fingerprint density at radius 1 is 1.25 bits per heavy atom. The summed E-state index contributed by atoms with van der Waals surface area (Å²) in [7, 11) is 0. The number of benzene rings is 1. The van der Waals surface area contributed by atoms with Gasteiger partial charge in [0, 0.05) is 6.42 Å². The first-order chi connectivity index (χ1) is 7.66. The monoisotopic (exact) mass is 219 g/mol. The van der Waals surface area contributed by atoms with Gasteiger partial charge in [-0.3, -0.25) is 4.79 Å². The van der Waals surface area contributed by atoms with Crippen LogP contribution in [0.5, 0.6) is 0 Å². The second kappa shape index (κ2) is 4.35. The molecule has 1 aliphatic heterocycles. The summed E-state index contributed by atoms with van der Waals surface area (Å²) < 4.78 is 4.93. The summed E-state index contributed by atoms with van der Waals surface area (Å²) in [5, 5.41) is 2.65. The summed E-state index contributed by atoms with van der Waals surface area (Å²) in [6.45, 7) is 1.56. The number of esters is 1. The lowest BCUT2D eigenvalue weighted by molar-refractivity contribution is -0.164. The topological polar surface area (TPSA) is 55.4 Å². The van der Waals surface area contributed by atoms with Crippen molar-refractivity contribution in [1.29, 1.82) is 0 Å². The maximum atomic E-state index is 11.5. The molecule has 16 heavy (non-hydrogen) atoms. The first kappa shape index (κ1) is 10.7. The Kier molecular flexibility index (Phi) is 2.90. The zero-order valence-corrected chi connectivity index (χ0v) is 8.97. The Bertz CT molecular complexity index is 402. The van der Waals surface area contributed by atoms with Crippen LogP contribution in [0.2, 0.25) is 0 Å². The third kappa shape index (κ3) is 2.21. The molecule has 1 fully saturated rings. The van der Waals surface area contributed by atoms with E-state index in [4.69, 9.17) is 4.74 Å². The van der Waals surface area contributed by atoms with Crippen LogP contribution in [0, 0.1) is 0 Å². The van der Waals surface area contributed by atoms with Crippen LogP contribution in [0.1, 0.15) is 12.5 Å². The minimum atomic E-state index is -0.681. The zero-order valence-electron chi connectivity index (χ0n) is 8.97. The Morgan fingerprint density at radius 3 is 2.62 bits per heavy atom. The van der Waals surface area contributed by atoms with Crippen molar-refractivity contribution in [3.63, 3.8) is 0 Å². The highest BCUT2D eigenvalue weighted by atomic mass is 16.6. The van der Waals surface area contributed by atoms with Crippen LogP contribution in [-0.2, 0) is 20.7 Å². The van der Waals surface area contributed by atoms with E-state index in [0.717, 1.165) is 5.56 Å². The van der Waals surface area contributed by atoms with Crippen molar-refractivity contribution in [3.05, 3.63) is 35.9 Å². The summed E-state index contributed by atoms with van der Waals surface area (Å²) in [4.78, 5) is 22.9. The fraction of sp³-hybridized carbons (Fsp3) is 0.333. The molecular formula is C12H13NO3. The molecule has 1 aromatic rings. The molecular weight excluding hydrogens is 206 g/mol. The van der Waals surface area contributed by atoms with Gasteiger partial charge in [-0.15, -0.1) is 0 Å². The van der Waals surface area contributed by atoms with Gasteiger partial charge in [0.15, 0.2) is 6.10 Å². The SMILES string of the molecule is C[C@@H]1OC(=O)[C@H](Cc2ccccc2)NC1=O. The number of morpholine rings is 1. The van der Waals surface area contributed by atoms with Gasteiger partial charge in [-0.1, -0.05) is 30.3 Å². The van der Waals surface area contributed by atoms with Crippen LogP contribution in [0.3, 0.4) is 0 Å². The highest BCUT2D eigenvalue weighted by Crippen LogP contribution is 2.09. The molecule has 1 amide bonds. The van der Waals surface area contributed by atoms with Crippen molar-refractivity contribution in [2.24, 2.45) is 0 Å². The average Bonchev–Trinajstić information content (AvgIpc) is 2.27. The lowest BCUT2D eigenvalue weighted by Gasteiger charge is -2.26. The van der Waals surface area contributed by atoms with Crippen LogP contribution in [0.15, 0.2) is 30.3 Å². The predicted octanol–water partition coefficient (Wildman–Crippen LogP) is 0.659. The van der Waals surface area contributed by atoms with Crippen LogP contribution >= 0.6 is 0 Å². The van der Waals surface area contributed by atoms with Gasteiger partial charge in [-0.2, -0.15) is 0 Å². The number of hydrogen-bond donors (Lipinski definition) is 1. The molecule has 0 bridgehead atoms. The molecule has 2 atom stereocenters. The van der Waals surface area contributed by atoms with Crippen LogP contribution in [-0.4, -0.2) is 24.0 Å². The molecule has 1 saturated heterocycles. The summed E-state index contributed by atoms with van der Waals surface area (Å²) in [6, 6.07) is 8.96. The highest BCUT2D eigenvalue weighted by Gasteiger charge is 2.32. The van der Waals surface area contributed by atoms with Crippen molar-refractivity contribution < 1.29 is 14.3 Å². The molecule has 0 aliphatic carbocycles. The normalized spacial score (nSPS) is 24.8. The van der Waals surface area contributed by atoms with Crippen LogP contribution in [0.25, 0.3) is 0 Å². The first-order valence-electron chi connectivity index (χ1n) is 5.21. The van der Waals surface area contributed by atoms with Crippen molar-refractivity contribution in [2.75, 3.05) is 0 Å². The third-order valence-corrected chi connectivity index (χ3v) is 2.55. The quantitative estimate of drug-likeness (QED) is 0.743. The van der Waals surface area contributed by atoms with Gasteiger partial charge in [-0.05, 0) is 12.5 Å². The van der Waals surface area contributed by atoms with E-state index in [2.05, 4.69) is 5.32 Å². The first-order valence-corrected chi connectivity index (χ1v) is 5.21. The van der Waals surface area contributed by atoms with E-state index in [1.54, 1.807) is 6.92 Å². The van der Waals surface area contributed by atoms with E-state index >= 15 is 0 Å². The van der Waals surface area contributed by atoms with Gasteiger partial charge < -0.3 is 10.1 Å². The second-order valence-corrected chi connectivity index (χ2v) is 3.83. The van der Waals surface area contributed by atoms with Crippen LogP contribution < -0.4 is 5.32 Å². The fourth-order valence-electron chi connectivity index (χ4n) is 1.64. The number of carbonyl (C=O) groups is 2. The molecule has 1 aromatic carbocycles. The van der Waals surface area contributed by atoms with Gasteiger partial charge >= 0.3 is 5.97 Å². The van der Waals surface area contributed by atoms with Crippen molar-refractivity contribution in [3.8, 4) is 0 Å². The maximum absolute atomic E-state index is 11.5. The molecule has 0 radical (unpaired) electrons. The Labute approximate surface area is 93.6 Å². The summed E-state index contributed by atoms with van der Waals surface area (Å²) in [5.41, 5.74) is 0.999. The lowest BCUT2D eigenvalue weighted by atomic mass is 10.0. The number of rotatable bonds is 2. The zero-order chi connectivity index (χ0) is 11.5. The van der Waals surface area contributed by atoms with Gasteiger partial charge in [0.05, 0.1) is 0 Å². The number of carbonyl (C=O) groups excluding carboxylic acids is 2. The van der Waals surface area contributed by atoms with E-state index < -0.39 is 12.1 Å². The number of ether oxygens (including phenoxy) is 1. The number of nitrogens with one attached hydrogen (secondary N) is 1. The van der Waals surface area contributed by atoms with Crippen LogP contribution in [0.4, 0.5) is 0 Å². The van der Waals surface area contributed by atoms with Gasteiger partial charge in [-0.25, -0.2) is 4.79 Å². The molecule has 0 unspecified atom stereocenters. The molecule has 4 heteroatoms. The van der Waals surface area contributed by atoms with Gasteiger partial charge in [0.25, 0.3) is 5.91 Å². The van der Waals surface area contributed by atoms with Crippen molar-refractivity contribution in [1.82, 2.24) is 5.32 Å². The van der Waals surface area contributed by atoms with E-state index in [0.29, 0.717) is 6.42 Å². The highest BCUT2D eigenvalue weighted by molar-refractivity contribution is 5.92. The van der Waals surface area contributed by atoms with E-state index in [1.165, 1.54) is 0 Å². The fourth-order valence-corrected chi connectivity index (χ4v) is 1.64. The van der Waals surface area contributed by atoms with E-state index in [1.807, 2.05) is 30.3 Å². The third-order valence-electron chi connectivity index (χ3n) is 2.55. The standard InChI is InChI=1S/C12H13NO3/c1-8-11(14)13-10(12(15)16-8)7-9-5-3-2-4-6-9/h2-6,8,10H,7H2,1H3,(H,13,14)/t8-,10-/m0/s1. The summed E-state index contributed by atoms with van der Waals surface area (Å²) in [5.74, 6) is -0.600.